The second-order valence-electron chi connectivity index (χ2n) is 6.35. The van der Waals surface area contributed by atoms with E-state index in [1.54, 1.807) is 4.90 Å². The van der Waals surface area contributed by atoms with Crippen LogP contribution in [-0.2, 0) is 16.0 Å². The molecule has 1 aromatic carbocycles. The Morgan fingerprint density at radius 2 is 1.96 bits per heavy atom. The zero-order chi connectivity index (χ0) is 16.2. The Labute approximate surface area is 149 Å². The van der Waals surface area contributed by atoms with E-state index in [-0.39, 0.29) is 30.1 Å². The first kappa shape index (κ1) is 18.7. The zero-order valence-electron chi connectivity index (χ0n) is 14.2. The van der Waals surface area contributed by atoms with E-state index in [0.29, 0.717) is 13.0 Å². The van der Waals surface area contributed by atoms with Crippen LogP contribution >= 0.6 is 12.4 Å². The monoisotopic (exact) mass is 351 g/mol. The van der Waals surface area contributed by atoms with Crippen LogP contribution in [0.15, 0.2) is 24.3 Å². The zero-order valence-corrected chi connectivity index (χ0v) is 15.0. The van der Waals surface area contributed by atoms with Crippen LogP contribution in [0.3, 0.4) is 0 Å². The summed E-state index contributed by atoms with van der Waals surface area (Å²) < 4.78 is 0. The van der Waals surface area contributed by atoms with E-state index in [1.165, 1.54) is 5.56 Å². The van der Waals surface area contributed by atoms with Crippen molar-refractivity contribution in [2.75, 3.05) is 37.6 Å². The summed E-state index contributed by atoms with van der Waals surface area (Å²) in [5.74, 6) is -0.0123. The molecule has 24 heavy (non-hydrogen) atoms. The first-order valence-corrected chi connectivity index (χ1v) is 8.58. The highest BCUT2D eigenvalue weighted by atomic mass is 35.5. The Morgan fingerprint density at radius 3 is 2.67 bits per heavy atom. The Bertz CT molecular complexity index is 568. The van der Waals surface area contributed by atoms with Gasteiger partial charge < -0.3 is 15.1 Å². The van der Waals surface area contributed by atoms with Crippen molar-refractivity contribution < 1.29 is 9.59 Å². The SMILES string of the molecule is CCc1ccc(N2CC(C(=O)N3CCCNCC3)CC2=O)cc1.Cl. The van der Waals surface area contributed by atoms with Crippen LogP contribution in [0.2, 0.25) is 0 Å². The maximum atomic E-state index is 12.7. The minimum atomic E-state index is -0.202. The number of carbonyl (C=O) groups is 2. The van der Waals surface area contributed by atoms with E-state index in [9.17, 15) is 9.59 Å². The van der Waals surface area contributed by atoms with Gasteiger partial charge in [-0.1, -0.05) is 19.1 Å². The maximum absolute atomic E-state index is 12.7. The molecule has 2 heterocycles. The predicted octanol–water partition coefficient (Wildman–Crippen LogP) is 1.85. The normalized spacial score (nSPS) is 21.4. The molecular weight excluding hydrogens is 326 g/mol. The van der Waals surface area contributed by atoms with Crippen molar-refractivity contribution in [1.82, 2.24) is 10.2 Å². The largest absolute Gasteiger partial charge is 0.341 e. The van der Waals surface area contributed by atoms with Crippen molar-refractivity contribution >= 4 is 29.9 Å². The molecule has 0 spiro atoms. The van der Waals surface area contributed by atoms with Crippen LogP contribution in [0.1, 0.15) is 25.3 Å². The van der Waals surface area contributed by atoms with E-state index in [2.05, 4.69) is 24.4 Å². The molecule has 132 valence electrons. The van der Waals surface area contributed by atoms with E-state index in [0.717, 1.165) is 44.7 Å². The average molecular weight is 352 g/mol. The second-order valence-corrected chi connectivity index (χ2v) is 6.35. The van der Waals surface area contributed by atoms with Gasteiger partial charge in [-0.2, -0.15) is 0 Å². The van der Waals surface area contributed by atoms with Crippen molar-refractivity contribution in [2.45, 2.75) is 26.2 Å². The van der Waals surface area contributed by atoms with Crippen LogP contribution in [0.5, 0.6) is 0 Å². The average Bonchev–Trinajstić information content (AvgIpc) is 2.79. The maximum Gasteiger partial charge on any atom is 0.228 e. The number of aryl methyl sites for hydroxylation is 1. The van der Waals surface area contributed by atoms with Gasteiger partial charge in [0.2, 0.25) is 11.8 Å². The first-order chi connectivity index (χ1) is 11.2. The molecular formula is C18H26ClN3O2. The lowest BCUT2D eigenvalue weighted by Crippen LogP contribution is -2.39. The van der Waals surface area contributed by atoms with E-state index >= 15 is 0 Å². The fourth-order valence-electron chi connectivity index (χ4n) is 3.36. The Balaban J connectivity index is 0.00000208. The van der Waals surface area contributed by atoms with Crippen LogP contribution in [-0.4, -0.2) is 49.4 Å². The molecule has 0 aliphatic carbocycles. The number of hydrogen-bond donors (Lipinski definition) is 1. The molecule has 0 aromatic heterocycles. The van der Waals surface area contributed by atoms with Crippen molar-refractivity contribution in [3.63, 3.8) is 0 Å². The third-order valence-electron chi connectivity index (χ3n) is 4.78. The summed E-state index contributed by atoms with van der Waals surface area (Å²) in [5.41, 5.74) is 2.16. The third kappa shape index (κ3) is 4.08. The van der Waals surface area contributed by atoms with Crippen molar-refractivity contribution in [3.05, 3.63) is 29.8 Å². The minimum Gasteiger partial charge on any atom is -0.341 e. The van der Waals surface area contributed by atoms with Crippen molar-refractivity contribution in [2.24, 2.45) is 5.92 Å². The Morgan fingerprint density at radius 1 is 1.21 bits per heavy atom. The van der Waals surface area contributed by atoms with Gasteiger partial charge in [0.25, 0.3) is 0 Å². The topological polar surface area (TPSA) is 52.7 Å². The molecule has 5 nitrogen and oxygen atoms in total. The summed E-state index contributed by atoms with van der Waals surface area (Å²) in [7, 11) is 0. The molecule has 2 fully saturated rings. The summed E-state index contributed by atoms with van der Waals surface area (Å²) in [6.45, 7) is 5.96. The van der Waals surface area contributed by atoms with E-state index in [1.807, 2.05) is 17.0 Å². The van der Waals surface area contributed by atoms with Gasteiger partial charge in [-0.25, -0.2) is 0 Å². The number of nitrogens with one attached hydrogen (secondary N) is 1. The molecule has 1 unspecified atom stereocenters. The van der Waals surface area contributed by atoms with Crippen LogP contribution in [0.25, 0.3) is 0 Å². The Hall–Kier alpha value is -1.59. The van der Waals surface area contributed by atoms with Crippen molar-refractivity contribution in [3.8, 4) is 0 Å². The van der Waals surface area contributed by atoms with Crippen molar-refractivity contribution in [1.29, 1.82) is 0 Å². The number of halogens is 1. The Kier molecular flexibility index (Phi) is 6.63. The summed E-state index contributed by atoms with van der Waals surface area (Å²) in [4.78, 5) is 28.7. The first-order valence-electron chi connectivity index (χ1n) is 8.58. The molecule has 2 saturated heterocycles. The predicted molar refractivity (Wildman–Crippen MR) is 97.6 cm³/mol. The molecule has 2 aliphatic heterocycles. The van der Waals surface area contributed by atoms with E-state index < -0.39 is 0 Å². The molecule has 0 bridgehead atoms. The number of rotatable bonds is 3. The fourth-order valence-corrected chi connectivity index (χ4v) is 3.36. The van der Waals surface area contributed by atoms with E-state index in [4.69, 9.17) is 0 Å². The number of carbonyl (C=O) groups excluding carboxylic acids is 2. The number of hydrogen-bond acceptors (Lipinski definition) is 3. The summed E-state index contributed by atoms with van der Waals surface area (Å²) >= 11 is 0. The minimum absolute atomic E-state index is 0. The second kappa shape index (κ2) is 8.49. The summed E-state index contributed by atoms with van der Waals surface area (Å²) in [6, 6.07) is 8.08. The lowest BCUT2D eigenvalue weighted by molar-refractivity contribution is -0.135. The summed E-state index contributed by atoms with van der Waals surface area (Å²) in [5, 5.41) is 3.31. The van der Waals surface area contributed by atoms with Gasteiger partial charge in [-0.05, 0) is 37.1 Å². The highest BCUT2D eigenvalue weighted by Crippen LogP contribution is 2.26. The highest BCUT2D eigenvalue weighted by molar-refractivity contribution is 6.00. The van der Waals surface area contributed by atoms with Crippen LogP contribution < -0.4 is 10.2 Å². The molecule has 6 heteroatoms. The molecule has 1 N–H and O–H groups in total. The number of amides is 2. The number of nitrogens with zero attached hydrogens (tertiary/aromatic N) is 2. The van der Waals surface area contributed by atoms with Gasteiger partial charge in [0.15, 0.2) is 0 Å². The van der Waals surface area contributed by atoms with Gasteiger partial charge in [0, 0.05) is 38.3 Å². The smallest absolute Gasteiger partial charge is 0.228 e. The van der Waals surface area contributed by atoms with Crippen LogP contribution in [0.4, 0.5) is 5.69 Å². The molecule has 2 amide bonds. The molecule has 2 aliphatic rings. The lowest BCUT2D eigenvalue weighted by Gasteiger charge is -2.23. The molecule has 1 atom stereocenters. The van der Waals surface area contributed by atoms with Gasteiger partial charge in [-0.3, -0.25) is 9.59 Å². The summed E-state index contributed by atoms with van der Waals surface area (Å²) in [6.07, 6.45) is 2.30. The van der Waals surface area contributed by atoms with Gasteiger partial charge in [-0.15, -0.1) is 12.4 Å². The molecule has 0 radical (unpaired) electrons. The van der Waals surface area contributed by atoms with Gasteiger partial charge in [0.1, 0.15) is 0 Å². The molecule has 1 aromatic rings. The standard InChI is InChI=1S/C18H25N3O2.ClH/c1-2-14-4-6-16(7-5-14)21-13-15(12-17(21)22)18(23)20-10-3-8-19-9-11-20;/h4-7,15,19H,2-3,8-13H2,1H3;1H. The lowest BCUT2D eigenvalue weighted by atomic mass is 10.1. The molecule has 0 saturated carbocycles. The van der Waals surface area contributed by atoms with Gasteiger partial charge in [0.05, 0.1) is 5.92 Å². The number of anilines is 1. The molecule has 3 rings (SSSR count). The quantitative estimate of drug-likeness (QED) is 0.904. The van der Waals surface area contributed by atoms with Gasteiger partial charge >= 0.3 is 0 Å². The number of benzene rings is 1. The third-order valence-corrected chi connectivity index (χ3v) is 4.78. The fraction of sp³-hybridized carbons (Fsp3) is 0.556. The highest BCUT2D eigenvalue weighted by Gasteiger charge is 2.37. The van der Waals surface area contributed by atoms with Crippen LogP contribution in [0, 0.1) is 5.92 Å².